The summed E-state index contributed by atoms with van der Waals surface area (Å²) in [6, 6.07) is 0.554. The van der Waals surface area contributed by atoms with E-state index >= 15 is 0 Å². The lowest BCUT2D eigenvalue weighted by Crippen LogP contribution is -2.47. The Bertz CT molecular complexity index is 265. The Morgan fingerprint density at radius 1 is 1.24 bits per heavy atom. The summed E-state index contributed by atoms with van der Waals surface area (Å²) in [5.41, 5.74) is 0. The summed E-state index contributed by atoms with van der Waals surface area (Å²) in [7, 11) is 4.25. The smallest absolute Gasteiger partial charge is 0.137 e. The SMILES string of the molecule is CN(C)CCN1CCCCC1C1CCCC1=O. The molecular formula is C14H26N2O. The van der Waals surface area contributed by atoms with Crippen molar-refractivity contribution in [3.05, 3.63) is 0 Å². The standard InChI is InChI=1S/C14H26N2O/c1-15(2)10-11-16-9-4-3-7-13(16)12-6-5-8-14(12)17/h12-13H,3-11H2,1-2H3. The lowest BCUT2D eigenvalue weighted by molar-refractivity contribution is -0.123. The lowest BCUT2D eigenvalue weighted by Gasteiger charge is -2.39. The second-order valence-electron chi connectivity index (χ2n) is 5.87. The molecule has 2 rings (SSSR count). The molecule has 2 aliphatic rings. The van der Waals surface area contributed by atoms with Gasteiger partial charge in [-0.2, -0.15) is 0 Å². The average Bonchev–Trinajstić information content (AvgIpc) is 2.73. The molecule has 0 aromatic carbocycles. The van der Waals surface area contributed by atoms with Gasteiger partial charge in [0, 0.05) is 31.5 Å². The molecule has 3 nitrogen and oxygen atoms in total. The van der Waals surface area contributed by atoms with Crippen molar-refractivity contribution in [2.24, 2.45) is 5.92 Å². The summed E-state index contributed by atoms with van der Waals surface area (Å²) >= 11 is 0. The predicted octanol–water partition coefficient (Wildman–Crippen LogP) is 1.77. The number of rotatable bonds is 4. The Balaban J connectivity index is 1.94. The minimum absolute atomic E-state index is 0.359. The number of nitrogens with zero attached hydrogens (tertiary/aromatic N) is 2. The minimum Gasteiger partial charge on any atom is -0.308 e. The molecule has 17 heavy (non-hydrogen) atoms. The Labute approximate surface area is 105 Å². The van der Waals surface area contributed by atoms with Gasteiger partial charge in [0.2, 0.25) is 0 Å². The topological polar surface area (TPSA) is 23.6 Å². The first kappa shape index (κ1) is 13.0. The van der Waals surface area contributed by atoms with E-state index < -0.39 is 0 Å². The fourth-order valence-corrected chi connectivity index (χ4v) is 3.33. The van der Waals surface area contributed by atoms with E-state index in [1.807, 2.05) is 0 Å². The van der Waals surface area contributed by atoms with Crippen LogP contribution in [0.3, 0.4) is 0 Å². The maximum Gasteiger partial charge on any atom is 0.137 e. The molecule has 3 heteroatoms. The summed E-state index contributed by atoms with van der Waals surface area (Å²) in [5, 5.41) is 0. The minimum atomic E-state index is 0.359. The van der Waals surface area contributed by atoms with Gasteiger partial charge in [0.05, 0.1) is 0 Å². The first-order chi connectivity index (χ1) is 8.18. The molecule has 1 saturated carbocycles. The zero-order valence-electron chi connectivity index (χ0n) is 11.3. The largest absolute Gasteiger partial charge is 0.308 e. The quantitative estimate of drug-likeness (QED) is 0.746. The molecule has 1 aliphatic carbocycles. The number of likely N-dealkylation sites (tertiary alicyclic amines) is 1. The Morgan fingerprint density at radius 2 is 2.06 bits per heavy atom. The van der Waals surface area contributed by atoms with Gasteiger partial charge in [-0.1, -0.05) is 6.42 Å². The van der Waals surface area contributed by atoms with Gasteiger partial charge in [0.15, 0.2) is 0 Å². The Morgan fingerprint density at radius 3 is 2.71 bits per heavy atom. The van der Waals surface area contributed by atoms with E-state index in [0.29, 0.717) is 17.7 Å². The first-order valence-corrected chi connectivity index (χ1v) is 7.10. The van der Waals surface area contributed by atoms with Crippen molar-refractivity contribution in [3.8, 4) is 0 Å². The van der Waals surface area contributed by atoms with Crippen LogP contribution >= 0.6 is 0 Å². The zero-order valence-corrected chi connectivity index (χ0v) is 11.3. The predicted molar refractivity (Wildman–Crippen MR) is 70.1 cm³/mol. The van der Waals surface area contributed by atoms with Crippen molar-refractivity contribution < 1.29 is 4.79 Å². The van der Waals surface area contributed by atoms with Crippen LogP contribution in [0.2, 0.25) is 0 Å². The molecule has 2 fully saturated rings. The summed E-state index contributed by atoms with van der Waals surface area (Å²) < 4.78 is 0. The van der Waals surface area contributed by atoms with Crippen LogP contribution in [0.4, 0.5) is 0 Å². The van der Waals surface area contributed by atoms with E-state index in [-0.39, 0.29) is 0 Å². The molecule has 0 amide bonds. The van der Waals surface area contributed by atoms with Gasteiger partial charge in [0.25, 0.3) is 0 Å². The van der Waals surface area contributed by atoms with Crippen LogP contribution in [0.5, 0.6) is 0 Å². The molecule has 2 atom stereocenters. The van der Waals surface area contributed by atoms with Gasteiger partial charge in [-0.3, -0.25) is 9.69 Å². The first-order valence-electron chi connectivity index (χ1n) is 7.10. The Kier molecular flexibility index (Phi) is 4.57. The van der Waals surface area contributed by atoms with Crippen molar-refractivity contribution in [2.75, 3.05) is 33.7 Å². The van der Waals surface area contributed by atoms with E-state index in [0.717, 1.165) is 32.4 Å². The second kappa shape index (κ2) is 5.96. The number of likely N-dealkylation sites (N-methyl/N-ethyl adjacent to an activating group) is 1. The van der Waals surface area contributed by atoms with Crippen LogP contribution < -0.4 is 0 Å². The Hall–Kier alpha value is -0.410. The van der Waals surface area contributed by atoms with Crippen LogP contribution in [0, 0.1) is 5.92 Å². The summed E-state index contributed by atoms with van der Waals surface area (Å²) in [4.78, 5) is 16.7. The van der Waals surface area contributed by atoms with Gasteiger partial charge in [-0.25, -0.2) is 0 Å². The highest BCUT2D eigenvalue weighted by atomic mass is 16.1. The number of piperidine rings is 1. The van der Waals surface area contributed by atoms with Crippen LogP contribution in [0.1, 0.15) is 38.5 Å². The number of ketones is 1. The normalized spacial score (nSPS) is 31.4. The molecule has 1 heterocycles. The van der Waals surface area contributed by atoms with E-state index in [2.05, 4.69) is 23.9 Å². The molecule has 98 valence electrons. The van der Waals surface area contributed by atoms with Gasteiger partial charge in [-0.05, 0) is 46.3 Å². The van der Waals surface area contributed by atoms with Crippen LogP contribution in [-0.4, -0.2) is 55.4 Å². The summed E-state index contributed by atoms with van der Waals surface area (Å²) in [6.45, 7) is 3.43. The molecular weight excluding hydrogens is 212 g/mol. The fourth-order valence-electron chi connectivity index (χ4n) is 3.33. The number of hydrogen-bond donors (Lipinski definition) is 0. The number of carbonyl (C=O) groups is 1. The molecule has 0 spiro atoms. The number of carbonyl (C=O) groups excluding carboxylic acids is 1. The molecule has 0 aromatic rings. The second-order valence-corrected chi connectivity index (χ2v) is 5.87. The monoisotopic (exact) mass is 238 g/mol. The van der Waals surface area contributed by atoms with Gasteiger partial charge in [0.1, 0.15) is 5.78 Å². The van der Waals surface area contributed by atoms with Crippen molar-refractivity contribution in [1.82, 2.24) is 9.80 Å². The van der Waals surface area contributed by atoms with Crippen LogP contribution in [-0.2, 0) is 4.79 Å². The third kappa shape index (κ3) is 3.29. The molecule has 0 bridgehead atoms. The lowest BCUT2D eigenvalue weighted by atomic mass is 9.88. The maximum atomic E-state index is 11.9. The van der Waals surface area contributed by atoms with Gasteiger partial charge in [-0.15, -0.1) is 0 Å². The molecule has 2 unspecified atom stereocenters. The van der Waals surface area contributed by atoms with E-state index in [1.165, 1.54) is 25.8 Å². The van der Waals surface area contributed by atoms with Crippen molar-refractivity contribution >= 4 is 5.78 Å². The van der Waals surface area contributed by atoms with Crippen molar-refractivity contribution in [2.45, 2.75) is 44.6 Å². The third-order valence-electron chi connectivity index (χ3n) is 4.31. The highest BCUT2D eigenvalue weighted by Gasteiger charge is 2.36. The molecule has 1 aliphatic heterocycles. The highest BCUT2D eigenvalue weighted by Crippen LogP contribution is 2.32. The van der Waals surface area contributed by atoms with Crippen LogP contribution in [0.15, 0.2) is 0 Å². The van der Waals surface area contributed by atoms with Crippen molar-refractivity contribution in [1.29, 1.82) is 0 Å². The summed E-state index contributed by atoms with van der Waals surface area (Å²) in [5.74, 6) is 0.893. The molecule has 0 N–H and O–H groups in total. The third-order valence-corrected chi connectivity index (χ3v) is 4.31. The maximum absolute atomic E-state index is 11.9. The average molecular weight is 238 g/mol. The zero-order chi connectivity index (χ0) is 12.3. The molecule has 0 aromatic heterocycles. The van der Waals surface area contributed by atoms with E-state index in [9.17, 15) is 4.79 Å². The van der Waals surface area contributed by atoms with E-state index in [1.54, 1.807) is 0 Å². The highest BCUT2D eigenvalue weighted by molar-refractivity contribution is 5.83. The van der Waals surface area contributed by atoms with Crippen LogP contribution in [0.25, 0.3) is 0 Å². The van der Waals surface area contributed by atoms with Gasteiger partial charge >= 0.3 is 0 Å². The molecule has 0 radical (unpaired) electrons. The number of hydrogen-bond acceptors (Lipinski definition) is 3. The summed E-state index contributed by atoms with van der Waals surface area (Å²) in [6.07, 6.45) is 6.97. The van der Waals surface area contributed by atoms with Gasteiger partial charge < -0.3 is 4.90 Å². The molecule has 1 saturated heterocycles. The van der Waals surface area contributed by atoms with Crippen molar-refractivity contribution in [3.63, 3.8) is 0 Å². The van der Waals surface area contributed by atoms with E-state index in [4.69, 9.17) is 0 Å². The number of Topliss-reactive ketones (excluding diaryl/α,β-unsaturated/α-hetero) is 1. The fraction of sp³-hybridized carbons (Fsp3) is 0.929.